The van der Waals surface area contributed by atoms with Gasteiger partial charge >= 0.3 is 0 Å². The summed E-state index contributed by atoms with van der Waals surface area (Å²) in [5.74, 6) is 0.689. The third-order valence-electron chi connectivity index (χ3n) is 5.11. The number of methoxy groups -OCH3 is 1. The van der Waals surface area contributed by atoms with Crippen LogP contribution in [0.5, 0.6) is 5.75 Å². The normalized spacial score (nSPS) is 15.6. The number of hydrogen-bond acceptors (Lipinski definition) is 5. The third kappa shape index (κ3) is 5.25. The molecule has 0 unspecified atom stereocenters. The van der Waals surface area contributed by atoms with Gasteiger partial charge in [-0.05, 0) is 55.8 Å². The summed E-state index contributed by atoms with van der Waals surface area (Å²) in [4.78, 5) is 5.07. The van der Waals surface area contributed by atoms with Gasteiger partial charge in [-0.2, -0.15) is 0 Å². The van der Waals surface area contributed by atoms with Crippen LogP contribution in [-0.4, -0.2) is 59.7 Å². The fraction of sp³-hybridized carbons (Fsp3) is 0.429. The Morgan fingerprint density at radius 3 is 2.39 bits per heavy atom. The summed E-state index contributed by atoms with van der Waals surface area (Å²) in [5.41, 5.74) is 2.08. The van der Waals surface area contributed by atoms with E-state index >= 15 is 0 Å². The number of nitrogens with one attached hydrogen (secondary N) is 1. The Labute approximate surface area is 168 Å². The molecule has 0 bridgehead atoms. The number of nitrogens with zero attached hydrogens (tertiary/aromatic N) is 2. The molecule has 1 aliphatic heterocycles. The van der Waals surface area contributed by atoms with Gasteiger partial charge in [-0.3, -0.25) is 4.90 Å². The lowest BCUT2D eigenvalue weighted by Crippen LogP contribution is -2.47. The monoisotopic (exact) mass is 403 g/mol. The molecule has 3 rings (SSSR count). The van der Waals surface area contributed by atoms with Crippen molar-refractivity contribution in [3.63, 3.8) is 0 Å². The van der Waals surface area contributed by atoms with E-state index in [0.29, 0.717) is 12.3 Å². The van der Waals surface area contributed by atoms with Gasteiger partial charge < -0.3 is 9.64 Å². The molecule has 152 valence electrons. The topological polar surface area (TPSA) is 61.9 Å². The fourth-order valence-electron chi connectivity index (χ4n) is 3.48. The summed E-state index contributed by atoms with van der Waals surface area (Å²) in [6.07, 6.45) is 0.791. The van der Waals surface area contributed by atoms with Crippen LogP contribution in [0.25, 0.3) is 0 Å². The Morgan fingerprint density at radius 1 is 1.04 bits per heavy atom. The molecule has 0 spiro atoms. The number of rotatable bonds is 8. The summed E-state index contributed by atoms with van der Waals surface area (Å²) in [6.45, 7) is 7.17. The summed E-state index contributed by atoms with van der Waals surface area (Å²) in [6, 6.07) is 15.4. The molecule has 0 aliphatic carbocycles. The van der Waals surface area contributed by atoms with Crippen LogP contribution in [-0.2, 0) is 10.0 Å². The molecular weight excluding hydrogens is 374 g/mol. The van der Waals surface area contributed by atoms with Crippen LogP contribution in [0.1, 0.15) is 12.0 Å². The van der Waals surface area contributed by atoms with E-state index in [1.807, 2.05) is 13.0 Å². The number of benzene rings is 2. The molecule has 0 atom stereocenters. The van der Waals surface area contributed by atoms with Crippen molar-refractivity contribution >= 4 is 15.7 Å². The molecule has 0 aromatic heterocycles. The lowest BCUT2D eigenvalue weighted by molar-refractivity contribution is 0.255. The standard InChI is InChI=1S/C21H29N3O3S/c1-18-17-20(9-10-21(18)27-2)28(25,26)22-11-6-12-23-13-15-24(16-14-23)19-7-4-3-5-8-19/h3-5,7-10,17,22H,6,11-16H2,1-2H3. The SMILES string of the molecule is COc1ccc(S(=O)(=O)NCCCN2CCN(c3ccccc3)CC2)cc1C. The van der Waals surface area contributed by atoms with Crippen molar-refractivity contribution in [3.8, 4) is 5.75 Å². The first kappa shape index (κ1) is 20.6. The molecule has 1 N–H and O–H groups in total. The van der Waals surface area contributed by atoms with E-state index < -0.39 is 10.0 Å². The van der Waals surface area contributed by atoms with Crippen molar-refractivity contribution in [1.82, 2.24) is 9.62 Å². The maximum absolute atomic E-state index is 12.5. The van der Waals surface area contributed by atoms with Crippen molar-refractivity contribution in [2.45, 2.75) is 18.2 Å². The fourth-order valence-corrected chi connectivity index (χ4v) is 4.64. The van der Waals surface area contributed by atoms with Crippen LogP contribution < -0.4 is 14.4 Å². The number of para-hydroxylation sites is 1. The molecule has 1 saturated heterocycles. The zero-order valence-corrected chi connectivity index (χ0v) is 17.4. The average Bonchev–Trinajstić information content (AvgIpc) is 2.72. The Kier molecular flexibility index (Phi) is 6.93. The van der Waals surface area contributed by atoms with E-state index in [-0.39, 0.29) is 4.90 Å². The number of aryl methyl sites for hydroxylation is 1. The molecule has 6 nitrogen and oxygen atoms in total. The van der Waals surface area contributed by atoms with Gasteiger partial charge in [0.25, 0.3) is 0 Å². The van der Waals surface area contributed by atoms with E-state index in [1.54, 1.807) is 25.3 Å². The highest BCUT2D eigenvalue weighted by Crippen LogP contribution is 2.21. The lowest BCUT2D eigenvalue weighted by Gasteiger charge is -2.36. The third-order valence-corrected chi connectivity index (χ3v) is 6.57. The van der Waals surface area contributed by atoms with E-state index in [0.717, 1.165) is 44.7 Å². The van der Waals surface area contributed by atoms with Crippen molar-refractivity contribution in [2.75, 3.05) is 51.3 Å². The average molecular weight is 404 g/mol. The molecule has 1 fully saturated rings. The van der Waals surface area contributed by atoms with Gasteiger partial charge in [0, 0.05) is 38.4 Å². The van der Waals surface area contributed by atoms with Crippen LogP contribution in [0.2, 0.25) is 0 Å². The molecule has 2 aromatic rings. The predicted molar refractivity (Wildman–Crippen MR) is 113 cm³/mol. The number of piperazine rings is 1. The smallest absolute Gasteiger partial charge is 0.240 e. The van der Waals surface area contributed by atoms with Gasteiger partial charge in [0.2, 0.25) is 10.0 Å². The Balaban J connectivity index is 1.41. The minimum absolute atomic E-state index is 0.280. The second-order valence-corrected chi connectivity index (χ2v) is 8.81. The molecule has 0 amide bonds. The Morgan fingerprint density at radius 2 is 1.75 bits per heavy atom. The first-order valence-corrected chi connectivity index (χ1v) is 11.1. The van der Waals surface area contributed by atoms with Crippen molar-refractivity contribution < 1.29 is 13.2 Å². The summed E-state index contributed by atoms with van der Waals surface area (Å²) in [7, 11) is -1.91. The molecule has 1 aliphatic rings. The maximum Gasteiger partial charge on any atom is 0.240 e. The second-order valence-electron chi connectivity index (χ2n) is 7.05. The minimum atomic E-state index is -3.49. The molecule has 7 heteroatoms. The van der Waals surface area contributed by atoms with Crippen molar-refractivity contribution in [3.05, 3.63) is 54.1 Å². The van der Waals surface area contributed by atoms with Crippen LogP contribution in [0.15, 0.2) is 53.4 Å². The molecule has 0 saturated carbocycles. The zero-order valence-electron chi connectivity index (χ0n) is 16.6. The van der Waals surface area contributed by atoms with Gasteiger partial charge in [-0.1, -0.05) is 18.2 Å². The highest BCUT2D eigenvalue weighted by Gasteiger charge is 2.18. The van der Waals surface area contributed by atoms with Crippen molar-refractivity contribution in [2.24, 2.45) is 0 Å². The molecule has 1 heterocycles. The van der Waals surface area contributed by atoms with E-state index in [2.05, 4.69) is 38.8 Å². The largest absolute Gasteiger partial charge is 0.496 e. The number of hydrogen-bond donors (Lipinski definition) is 1. The summed E-state index contributed by atoms with van der Waals surface area (Å²) < 4.78 is 32.8. The number of sulfonamides is 1. The maximum atomic E-state index is 12.5. The van der Waals surface area contributed by atoms with E-state index in [1.165, 1.54) is 5.69 Å². The summed E-state index contributed by atoms with van der Waals surface area (Å²) >= 11 is 0. The van der Waals surface area contributed by atoms with Crippen LogP contribution in [0.3, 0.4) is 0 Å². The highest BCUT2D eigenvalue weighted by atomic mass is 32.2. The molecule has 0 radical (unpaired) electrons. The molecular formula is C21H29N3O3S. The van der Waals surface area contributed by atoms with Gasteiger partial charge in [-0.15, -0.1) is 0 Å². The quantitative estimate of drug-likeness (QED) is 0.686. The minimum Gasteiger partial charge on any atom is -0.496 e. The number of ether oxygens (including phenoxy) is 1. The first-order valence-electron chi connectivity index (χ1n) is 9.66. The van der Waals surface area contributed by atoms with Gasteiger partial charge in [0.05, 0.1) is 12.0 Å². The van der Waals surface area contributed by atoms with Gasteiger partial charge in [0.1, 0.15) is 5.75 Å². The second kappa shape index (κ2) is 9.41. The van der Waals surface area contributed by atoms with Crippen LogP contribution in [0.4, 0.5) is 5.69 Å². The molecule has 2 aromatic carbocycles. The van der Waals surface area contributed by atoms with E-state index in [4.69, 9.17) is 4.74 Å². The Hall–Kier alpha value is -2.09. The summed E-state index contributed by atoms with van der Waals surface area (Å²) in [5, 5.41) is 0. The van der Waals surface area contributed by atoms with Crippen molar-refractivity contribution in [1.29, 1.82) is 0 Å². The molecule has 28 heavy (non-hydrogen) atoms. The lowest BCUT2D eigenvalue weighted by atomic mass is 10.2. The van der Waals surface area contributed by atoms with E-state index in [9.17, 15) is 8.42 Å². The first-order chi connectivity index (χ1) is 13.5. The highest BCUT2D eigenvalue weighted by molar-refractivity contribution is 7.89. The van der Waals surface area contributed by atoms with Crippen LogP contribution in [0, 0.1) is 6.92 Å². The van der Waals surface area contributed by atoms with Gasteiger partial charge in [0.15, 0.2) is 0 Å². The predicted octanol–water partition coefficient (Wildman–Crippen LogP) is 2.49. The van der Waals surface area contributed by atoms with Crippen LogP contribution >= 0.6 is 0 Å². The Bertz CT molecular complexity index is 864. The number of anilines is 1. The van der Waals surface area contributed by atoms with Gasteiger partial charge in [-0.25, -0.2) is 13.1 Å². The zero-order chi connectivity index (χ0) is 20.0.